The maximum absolute atomic E-state index is 13.8. The van der Waals surface area contributed by atoms with Crippen molar-refractivity contribution < 1.29 is 13.2 Å². The number of fused-ring (bicyclic) bond motifs is 1. The summed E-state index contributed by atoms with van der Waals surface area (Å²) in [5.41, 5.74) is 1.06. The molecule has 0 bridgehead atoms. The molecule has 178 valence electrons. The quantitative estimate of drug-likeness (QED) is 0.264. The Hall–Kier alpha value is -3.18. The largest absolute Gasteiger partial charge is 0.347 e. The van der Waals surface area contributed by atoms with Crippen LogP contribution in [0.4, 0.5) is 5.69 Å². The van der Waals surface area contributed by atoms with Crippen LogP contribution in [-0.4, -0.2) is 24.3 Å². The van der Waals surface area contributed by atoms with E-state index in [4.69, 9.17) is 11.6 Å². The molecule has 0 radical (unpaired) electrons. The Balaban J connectivity index is 1.56. The number of carbonyl (C=O) groups excluding carboxylic acids is 1. The number of anilines is 1. The number of imidazole rings is 1. The Morgan fingerprint density at radius 1 is 1.11 bits per heavy atom. The van der Waals surface area contributed by atoms with Crippen molar-refractivity contribution >= 4 is 66.0 Å². The SMILES string of the molecule is O=C(NCc1cccs1)c1cc2c(N(Cc3cnc[nH]3)S(=O)(=O)c3ccccc3Cl)cccc2s1. The lowest BCUT2D eigenvalue weighted by molar-refractivity contribution is 0.0955. The van der Waals surface area contributed by atoms with Crippen LogP contribution in [0.5, 0.6) is 0 Å². The van der Waals surface area contributed by atoms with E-state index in [0.29, 0.717) is 28.2 Å². The van der Waals surface area contributed by atoms with Crippen LogP contribution in [0.2, 0.25) is 5.02 Å². The van der Waals surface area contributed by atoms with Crippen LogP contribution >= 0.6 is 34.3 Å². The fourth-order valence-corrected chi connectivity index (χ4v) is 7.24. The van der Waals surface area contributed by atoms with Crippen LogP contribution in [0.1, 0.15) is 20.2 Å². The number of nitrogens with zero attached hydrogens (tertiary/aromatic N) is 2. The highest BCUT2D eigenvalue weighted by Crippen LogP contribution is 2.37. The Bertz CT molecular complexity index is 1580. The van der Waals surface area contributed by atoms with Crippen LogP contribution in [-0.2, 0) is 23.1 Å². The highest BCUT2D eigenvalue weighted by atomic mass is 35.5. The summed E-state index contributed by atoms with van der Waals surface area (Å²) in [7, 11) is -4.04. The van der Waals surface area contributed by atoms with E-state index < -0.39 is 10.0 Å². The van der Waals surface area contributed by atoms with Crippen molar-refractivity contribution in [1.29, 1.82) is 0 Å². The van der Waals surface area contributed by atoms with E-state index >= 15 is 0 Å². The van der Waals surface area contributed by atoms with Crippen LogP contribution < -0.4 is 9.62 Å². The number of sulfonamides is 1. The van der Waals surface area contributed by atoms with Gasteiger partial charge in [-0.05, 0) is 41.8 Å². The van der Waals surface area contributed by atoms with Gasteiger partial charge in [0.15, 0.2) is 0 Å². The number of H-pyrrole nitrogens is 1. The van der Waals surface area contributed by atoms with Crippen molar-refractivity contribution in [2.75, 3.05) is 4.31 Å². The van der Waals surface area contributed by atoms with Gasteiger partial charge in [-0.1, -0.05) is 35.9 Å². The van der Waals surface area contributed by atoms with E-state index in [1.807, 2.05) is 23.6 Å². The molecule has 0 saturated heterocycles. The van der Waals surface area contributed by atoms with E-state index in [1.54, 1.807) is 53.9 Å². The minimum absolute atomic E-state index is 0.00216. The van der Waals surface area contributed by atoms with Gasteiger partial charge >= 0.3 is 0 Å². The van der Waals surface area contributed by atoms with Gasteiger partial charge in [-0.2, -0.15) is 0 Å². The molecular formula is C24H19ClN4O3S3. The number of carbonyl (C=O) groups is 1. The van der Waals surface area contributed by atoms with Crippen molar-refractivity contribution in [3.8, 4) is 0 Å². The highest BCUT2D eigenvalue weighted by molar-refractivity contribution is 7.93. The number of hydrogen-bond donors (Lipinski definition) is 2. The molecule has 0 unspecified atom stereocenters. The van der Waals surface area contributed by atoms with E-state index in [0.717, 1.165) is 9.58 Å². The Labute approximate surface area is 215 Å². The molecule has 0 aliphatic heterocycles. The second-order valence-electron chi connectivity index (χ2n) is 7.58. The lowest BCUT2D eigenvalue weighted by atomic mass is 10.2. The lowest BCUT2D eigenvalue weighted by Crippen LogP contribution is -2.31. The van der Waals surface area contributed by atoms with Gasteiger partial charge in [0.1, 0.15) is 4.90 Å². The molecule has 11 heteroatoms. The predicted octanol–water partition coefficient (Wildman–Crippen LogP) is 5.66. The number of aromatic amines is 1. The first kappa shape index (κ1) is 23.6. The molecule has 0 aliphatic carbocycles. The molecule has 0 fully saturated rings. The van der Waals surface area contributed by atoms with Gasteiger partial charge in [0.2, 0.25) is 0 Å². The lowest BCUT2D eigenvalue weighted by Gasteiger charge is -2.25. The summed E-state index contributed by atoms with van der Waals surface area (Å²) in [6.45, 7) is 0.451. The van der Waals surface area contributed by atoms with Crippen molar-refractivity contribution in [1.82, 2.24) is 15.3 Å². The van der Waals surface area contributed by atoms with E-state index in [9.17, 15) is 13.2 Å². The molecule has 0 atom stereocenters. The number of halogens is 1. The maximum Gasteiger partial charge on any atom is 0.266 e. The zero-order valence-corrected chi connectivity index (χ0v) is 21.3. The number of aromatic nitrogens is 2. The van der Waals surface area contributed by atoms with E-state index in [-0.39, 0.29) is 22.4 Å². The molecule has 0 aliphatic rings. The van der Waals surface area contributed by atoms with Crippen molar-refractivity contribution in [2.45, 2.75) is 18.0 Å². The monoisotopic (exact) mass is 542 g/mol. The summed E-state index contributed by atoms with van der Waals surface area (Å²) in [5.74, 6) is -0.209. The first-order valence-corrected chi connectivity index (χ1v) is 14.0. The first-order chi connectivity index (χ1) is 16.9. The third-order valence-electron chi connectivity index (χ3n) is 5.31. The Morgan fingerprint density at radius 3 is 2.71 bits per heavy atom. The standard InChI is InChI=1S/C24H19ClN4O3S3/c25-19-6-1-2-9-23(19)35(31,32)29(14-16-12-26-15-28-16)20-7-3-8-21-18(20)11-22(34-21)24(30)27-13-17-5-4-10-33-17/h1-12,15H,13-14H2,(H,26,28)(H,27,30). The number of amides is 1. The Kier molecular flexibility index (Phi) is 6.61. The number of benzene rings is 2. The smallest absolute Gasteiger partial charge is 0.266 e. The topological polar surface area (TPSA) is 95.2 Å². The second-order valence-corrected chi connectivity index (χ2v) is 11.9. The molecule has 2 N–H and O–H groups in total. The number of thiophene rings is 2. The zero-order chi connectivity index (χ0) is 24.4. The fraction of sp³-hybridized carbons (Fsp3) is 0.0833. The molecule has 5 aromatic rings. The molecule has 3 aromatic heterocycles. The van der Waals surface area contributed by atoms with Gasteiger partial charge in [-0.25, -0.2) is 13.4 Å². The van der Waals surface area contributed by atoms with Crippen molar-refractivity contribution in [2.24, 2.45) is 0 Å². The van der Waals surface area contributed by atoms with Gasteiger partial charge in [0.05, 0.1) is 40.7 Å². The third kappa shape index (κ3) is 4.83. The van der Waals surface area contributed by atoms with Crippen molar-refractivity contribution in [3.05, 3.63) is 99.0 Å². The van der Waals surface area contributed by atoms with Gasteiger partial charge in [0.25, 0.3) is 15.9 Å². The molecule has 1 amide bonds. The molecule has 0 spiro atoms. The van der Waals surface area contributed by atoms with Gasteiger partial charge < -0.3 is 10.3 Å². The second kappa shape index (κ2) is 9.82. The van der Waals surface area contributed by atoms with Gasteiger partial charge in [-0.15, -0.1) is 22.7 Å². The van der Waals surface area contributed by atoms with Crippen LogP contribution in [0, 0.1) is 0 Å². The fourth-order valence-electron chi connectivity index (χ4n) is 3.64. The first-order valence-electron chi connectivity index (χ1n) is 10.5. The normalized spacial score (nSPS) is 11.6. The molecular weight excluding hydrogens is 524 g/mol. The minimum Gasteiger partial charge on any atom is -0.347 e. The van der Waals surface area contributed by atoms with Crippen LogP contribution in [0.25, 0.3) is 10.1 Å². The summed E-state index contributed by atoms with van der Waals surface area (Å²) in [6.07, 6.45) is 3.07. The highest BCUT2D eigenvalue weighted by Gasteiger charge is 2.29. The predicted molar refractivity (Wildman–Crippen MR) is 141 cm³/mol. The zero-order valence-electron chi connectivity index (χ0n) is 18.1. The molecule has 0 saturated carbocycles. The van der Waals surface area contributed by atoms with Crippen LogP contribution in [0.3, 0.4) is 0 Å². The van der Waals surface area contributed by atoms with Gasteiger partial charge in [0, 0.05) is 21.2 Å². The van der Waals surface area contributed by atoms with E-state index in [1.165, 1.54) is 28.0 Å². The third-order valence-corrected chi connectivity index (χ3v) is 9.54. The number of rotatable bonds is 8. The summed E-state index contributed by atoms with van der Waals surface area (Å²) < 4.78 is 29.8. The molecule has 2 aromatic carbocycles. The average molecular weight is 543 g/mol. The average Bonchev–Trinajstić information content (AvgIpc) is 3.62. The van der Waals surface area contributed by atoms with E-state index in [2.05, 4.69) is 15.3 Å². The summed E-state index contributed by atoms with van der Waals surface area (Å²) in [4.78, 5) is 21.4. The van der Waals surface area contributed by atoms with Crippen LogP contribution in [0.15, 0.2) is 83.5 Å². The molecule has 35 heavy (non-hydrogen) atoms. The summed E-state index contributed by atoms with van der Waals surface area (Å²) >= 11 is 9.17. The van der Waals surface area contributed by atoms with Crippen molar-refractivity contribution in [3.63, 3.8) is 0 Å². The van der Waals surface area contributed by atoms with Gasteiger partial charge in [-0.3, -0.25) is 9.10 Å². The molecule has 3 heterocycles. The Morgan fingerprint density at radius 2 is 1.97 bits per heavy atom. The summed E-state index contributed by atoms with van der Waals surface area (Å²) in [6, 6.07) is 17.4. The minimum atomic E-state index is -4.04. The number of nitrogens with one attached hydrogen (secondary N) is 2. The number of hydrogen-bond acceptors (Lipinski definition) is 6. The summed E-state index contributed by atoms with van der Waals surface area (Å²) in [5, 5.41) is 5.68. The molecule has 5 rings (SSSR count). The molecule has 7 nitrogen and oxygen atoms in total. The maximum atomic E-state index is 13.8.